The van der Waals surface area contributed by atoms with Gasteiger partial charge in [-0.3, -0.25) is 9.59 Å². The molecule has 6 heteroatoms. The normalized spacial score (nSPS) is 14.9. The zero-order valence-electron chi connectivity index (χ0n) is 14.4. The molecule has 0 bridgehead atoms. The van der Waals surface area contributed by atoms with Gasteiger partial charge in [0.15, 0.2) is 5.13 Å². The maximum absolute atomic E-state index is 12.3. The van der Waals surface area contributed by atoms with Crippen LogP contribution in [0.4, 0.5) is 5.13 Å². The summed E-state index contributed by atoms with van der Waals surface area (Å²) in [5.41, 5.74) is 0.935. The molecule has 2 amide bonds. The molecule has 5 nitrogen and oxygen atoms in total. The highest BCUT2D eigenvalue weighted by Crippen LogP contribution is 2.28. The van der Waals surface area contributed by atoms with Crippen LogP contribution in [-0.2, 0) is 9.59 Å². The Balaban J connectivity index is 1.79. The fraction of sp³-hybridized carbons (Fsp3) is 0.706. The maximum Gasteiger partial charge on any atom is 0.245 e. The molecule has 128 valence electrons. The van der Waals surface area contributed by atoms with Gasteiger partial charge in [-0.15, -0.1) is 11.3 Å². The number of rotatable bonds is 7. The van der Waals surface area contributed by atoms with Gasteiger partial charge < -0.3 is 10.2 Å². The molecule has 2 rings (SSSR count). The highest BCUT2D eigenvalue weighted by Gasteiger charge is 2.20. The molecule has 1 saturated carbocycles. The Bertz CT molecular complexity index is 531. The van der Waals surface area contributed by atoms with Gasteiger partial charge in [-0.1, -0.05) is 25.7 Å². The van der Waals surface area contributed by atoms with Crippen LogP contribution in [-0.4, -0.2) is 34.8 Å². The van der Waals surface area contributed by atoms with Crippen molar-refractivity contribution in [2.45, 2.75) is 59.3 Å². The predicted molar refractivity (Wildman–Crippen MR) is 93.7 cm³/mol. The Morgan fingerprint density at radius 1 is 1.30 bits per heavy atom. The van der Waals surface area contributed by atoms with Crippen LogP contribution >= 0.6 is 11.3 Å². The lowest BCUT2D eigenvalue weighted by Crippen LogP contribution is -2.37. The number of hydrogen-bond donors (Lipinski definition) is 1. The van der Waals surface area contributed by atoms with Crippen LogP contribution in [0.15, 0.2) is 0 Å². The second kappa shape index (κ2) is 8.43. The number of carbonyl (C=O) groups is 2. The van der Waals surface area contributed by atoms with Crippen molar-refractivity contribution >= 4 is 28.3 Å². The lowest BCUT2D eigenvalue weighted by atomic mass is 10.0. The summed E-state index contributed by atoms with van der Waals surface area (Å²) in [6.45, 7) is 6.49. The van der Waals surface area contributed by atoms with E-state index in [1.807, 2.05) is 20.8 Å². The smallest absolute Gasteiger partial charge is 0.245 e. The number of carbonyl (C=O) groups excluding carboxylic acids is 2. The second-order valence-corrected chi connectivity index (χ2v) is 7.51. The molecule has 1 heterocycles. The number of amides is 2. The third-order valence-electron chi connectivity index (χ3n) is 4.58. The third kappa shape index (κ3) is 5.30. The first kappa shape index (κ1) is 17.9. The number of nitrogens with one attached hydrogen (secondary N) is 1. The van der Waals surface area contributed by atoms with Gasteiger partial charge in [0.25, 0.3) is 0 Å². The fourth-order valence-corrected chi connectivity index (χ4v) is 3.85. The summed E-state index contributed by atoms with van der Waals surface area (Å²) in [7, 11) is 0. The molecule has 0 unspecified atom stereocenters. The quantitative estimate of drug-likeness (QED) is 0.828. The van der Waals surface area contributed by atoms with E-state index in [0.29, 0.717) is 24.0 Å². The van der Waals surface area contributed by atoms with Gasteiger partial charge in [0.1, 0.15) is 0 Å². The number of likely N-dealkylation sites (N-methyl/N-ethyl adjacent to an activating group) is 1. The van der Waals surface area contributed by atoms with Crippen molar-refractivity contribution in [3.05, 3.63) is 10.6 Å². The number of anilines is 1. The average molecular weight is 337 g/mol. The summed E-state index contributed by atoms with van der Waals surface area (Å²) in [6.07, 6.45) is 6.62. The van der Waals surface area contributed by atoms with Crippen molar-refractivity contribution in [2.24, 2.45) is 5.92 Å². The van der Waals surface area contributed by atoms with E-state index in [2.05, 4.69) is 10.3 Å². The largest absolute Gasteiger partial charge is 0.334 e. The topological polar surface area (TPSA) is 62.3 Å². The molecule has 1 fully saturated rings. The third-order valence-corrected chi connectivity index (χ3v) is 5.57. The number of aromatic nitrogens is 1. The first-order chi connectivity index (χ1) is 11.0. The molecule has 0 aliphatic heterocycles. The first-order valence-electron chi connectivity index (χ1n) is 8.51. The molecule has 1 aromatic heterocycles. The van der Waals surface area contributed by atoms with Gasteiger partial charge in [0, 0.05) is 17.8 Å². The number of aryl methyl sites for hydroxylation is 2. The van der Waals surface area contributed by atoms with Gasteiger partial charge >= 0.3 is 0 Å². The summed E-state index contributed by atoms with van der Waals surface area (Å²) in [5.74, 6) is 0.614. The van der Waals surface area contributed by atoms with Gasteiger partial charge in [-0.25, -0.2) is 4.98 Å². The van der Waals surface area contributed by atoms with Crippen LogP contribution in [0, 0.1) is 19.8 Å². The van der Waals surface area contributed by atoms with Crippen molar-refractivity contribution < 1.29 is 9.59 Å². The highest BCUT2D eigenvalue weighted by molar-refractivity contribution is 7.15. The summed E-state index contributed by atoms with van der Waals surface area (Å²) >= 11 is 1.47. The highest BCUT2D eigenvalue weighted by atomic mass is 32.1. The van der Waals surface area contributed by atoms with Crippen molar-refractivity contribution in [2.75, 3.05) is 18.4 Å². The molecule has 0 spiro atoms. The number of thiazole rings is 1. The maximum atomic E-state index is 12.3. The van der Waals surface area contributed by atoms with Crippen molar-refractivity contribution in [1.82, 2.24) is 9.88 Å². The van der Waals surface area contributed by atoms with Gasteiger partial charge in [0.05, 0.1) is 12.2 Å². The Kier molecular flexibility index (Phi) is 6.57. The van der Waals surface area contributed by atoms with Gasteiger partial charge in [-0.2, -0.15) is 0 Å². The lowest BCUT2D eigenvalue weighted by molar-refractivity contribution is -0.134. The van der Waals surface area contributed by atoms with Crippen LogP contribution in [0.2, 0.25) is 0 Å². The minimum atomic E-state index is -0.171. The molecule has 1 N–H and O–H groups in total. The SMILES string of the molecule is CCN(CC(=O)Nc1nc(C)c(C)s1)C(=O)CCC1CCCC1. The van der Waals surface area contributed by atoms with Crippen LogP contribution in [0.25, 0.3) is 0 Å². The minimum absolute atomic E-state index is 0.0843. The van der Waals surface area contributed by atoms with Gasteiger partial charge in [-0.05, 0) is 33.1 Å². The summed E-state index contributed by atoms with van der Waals surface area (Å²) in [4.78, 5) is 31.5. The molecule has 0 radical (unpaired) electrons. The number of nitrogens with zero attached hydrogens (tertiary/aromatic N) is 2. The molecular weight excluding hydrogens is 310 g/mol. The van der Waals surface area contributed by atoms with E-state index in [0.717, 1.165) is 17.0 Å². The van der Waals surface area contributed by atoms with E-state index >= 15 is 0 Å². The Hall–Kier alpha value is -1.43. The van der Waals surface area contributed by atoms with E-state index in [-0.39, 0.29) is 18.4 Å². The molecule has 0 aromatic carbocycles. The summed E-state index contributed by atoms with van der Waals surface area (Å²) < 4.78 is 0. The number of hydrogen-bond acceptors (Lipinski definition) is 4. The van der Waals surface area contributed by atoms with Gasteiger partial charge in [0.2, 0.25) is 11.8 Å². The first-order valence-corrected chi connectivity index (χ1v) is 9.33. The lowest BCUT2D eigenvalue weighted by Gasteiger charge is -2.21. The molecule has 1 aliphatic rings. The van der Waals surface area contributed by atoms with Crippen LogP contribution in [0.1, 0.15) is 56.0 Å². The van der Waals surface area contributed by atoms with E-state index in [1.165, 1.54) is 37.0 Å². The van der Waals surface area contributed by atoms with E-state index < -0.39 is 0 Å². The van der Waals surface area contributed by atoms with Crippen LogP contribution < -0.4 is 5.32 Å². The van der Waals surface area contributed by atoms with Crippen molar-refractivity contribution in [3.63, 3.8) is 0 Å². The Morgan fingerprint density at radius 3 is 2.57 bits per heavy atom. The predicted octanol–water partition coefficient (Wildman–Crippen LogP) is 3.52. The average Bonchev–Trinajstić information content (AvgIpc) is 3.13. The standard InChI is InChI=1S/C17H27N3O2S/c1-4-20(16(22)10-9-14-7-5-6-8-14)11-15(21)19-17-18-12(2)13(3)23-17/h14H,4-11H2,1-3H3,(H,18,19,21). The molecule has 1 aliphatic carbocycles. The van der Waals surface area contributed by atoms with Crippen molar-refractivity contribution in [3.8, 4) is 0 Å². The fourth-order valence-electron chi connectivity index (χ4n) is 3.02. The molecule has 23 heavy (non-hydrogen) atoms. The molecular formula is C17H27N3O2S. The summed E-state index contributed by atoms with van der Waals surface area (Å²) in [6, 6.07) is 0. The molecule has 0 saturated heterocycles. The van der Waals surface area contributed by atoms with E-state index in [1.54, 1.807) is 4.90 Å². The van der Waals surface area contributed by atoms with Crippen molar-refractivity contribution in [1.29, 1.82) is 0 Å². The monoisotopic (exact) mass is 337 g/mol. The minimum Gasteiger partial charge on any atom is -0.334 e. The molecule has 1 aromatic rings. The Morgan fingerprint density at radius 2 is 2.00 bits per heavy atom. The second-order valence-electron chi connectivity index (χ2n) is 6.31. The Labute approximate surface area is 142 Å². The zero-order chi connectivity index (χ0) is 16.8. The van der Waals surface area contributed by atoms with Crippen LogP contribution in [0.3, 0.4) is 0 Å². The van der Waals surface area contributed by atoms with E-state index in [9.17, 15) is 9.59 Å². The molecule has 0 atom stereocenters. The summed E-state index contributed by atoms with van der Waals surface area (Å²) in [5, 5.41) is 3.41. The zero-order valence-corrected chi connectivity index (χ0v) is 15.2. The van der Waals surface area contributed by atoms with E-state index in [4.69, 9.17) is 0 Å². The van der Waals surface area contributed by atoms with Crippen LogP contribution in [0.5, 0.6) is 0 Å².